The van der Waals surface area contributed by atoms with E-state index in [-0.39, 0.29) is 30.6 Å². The molecular weight excluding hydrogens is 454 g/mol. The van der Waals surface area contributed by atoms with Crippen LogP contribution in [0.2, 0.25) is 0 Å². The average molecular weight is 482 g/mol. The fourth-order valence-corrected chi connectivity index (χ4v) is 4.29. The van der Waals surface area contributed by atoms with Gasteiger partial charge < -0.3 is 24.7 Å². The molecule has 2 atom stereocenters. The molecule has 178 valence electrons. The highest BCUT2D eigenvalue weighted by Crippen LogP contribution is 2.34. The number of carbonyl (C=O) groups excluding carboxylic acids is 2. The minimum atomic E-state index is -0.433. The molecule has 1 aliphatic rings. The molecule has 0 aliphatic carbocycles. The van der Waals surface area contributed by atoms with Crippen molar-refractivity contribution in [3.63, 3.8) is 0 Å². The zero-order valence-electron chi connectivity index (χ0n) is 19.4. The van der Waals surface area contributed by atoms with Crippen molar-refractivity contribution in [3.8, 4) is 11.5 Å². The van der Waals surface area contributed by atoms with Crippen molar-refractivity contribution < 1.29 is 19.1 Å². The fourth-order valence-electron chi connectivity index (χ4n) is 3.47. The van der Waals surface area contributed by atoms with Gasteiger partial charge in [-0.3, -0.25) is 9.59 Å². The second-order valence-corrected chi connectivity index (χ2v) is 9.59. The Hall–Kier alpha value is -3.53. The number of hydrogen-bond donors (Lipinski definition) is 2. The Bertz CT molecular complexity index is 1180. The van der Waals surface area contributed by atoms with Crippen LogP contribution >= 0.6 is 11.8 Å². The van der Waals surface area contributed by atoms with Crippen LogP contribution in [0.3, 0.4) is 0 Å². The third kappa shape index (κ3) is 5.17. The number of ether oxygens (including phenoxy) is 2. The molecule has 1 aliphatic heterocycles. The third-order valence-electron chi connectivity index (χ3n) is 5.43. The molecular formula is C24H27N5O4S. The summed E-state index contributed by atoms with van der Waals surface area (Å²) in [6.07, 6.45) is 0. The first-order chi connectivity index (χ1) is 16.3. The number of nitrogens with zero attached hydrogens (tertiary/aromatic N) is 3. The molecule has 2 aromatic carbocycles. The molecule has 2 heterocycles. The maximum Gasteiger partial charge on any atom is 0.251 e. The average Bonchev–Trinajstić information content (AvgIpc) is 3.44. The van der Waals surface area contributed by atoms with Gasteiger partial charge in [0.2, 0.25) is 12.7 Å². The van der Waals surface area contributed by atoms with Crippen LogP contribution in [-0.4, -0.2) is 38.6 Å². The largest absolute Gasteiger partial charge is 0.454 e. The number of carbonyl (C=O) groups is 2. The highest BCUT2D eigenvalue weighted by Gasteiger charge is 2.27. The van der Waals surface area contributed by atoms with Gasteiger partial charge in [-0.1, -0.05) is 43.8 Å². The Morgan fingerprint density at radius 3 is 2.50 bits per heavy atom. The SMILES string of the molecule is CC(C)[C@@H](NC(=O)c1ccccc1)c1nnc(S[C@@H](C)C(=O)Nc2ccc3c(c2)OCO3)n1C. The lowest BCUT2D eigenvalue weighted by Gasteiger charge is -2.22. The number of nitrogens with one attached hydrogen (secondary N) is 2. The Morgan fingerprint density at radius 2 is 1.76 bits per heavy atom. The van der Waals surface area contributed by atoms with Gasteiger partial charge in [-0.2, -0.15) is 0 Å². The van der Waals surface area contributed by atoms with Crippen LogP contribution in [0.5, 0.6) is 11.5 Å². The molecule has 1 aromatic heterocycles. The van der Waals surface area contributed by atoms with Crippen LogP contribution in [-0.2, 0) is 11.8 Å². The molecule has 10 heteroatoms. The van der Waals surface area contributed by atoms with E-state index in [0.717, 1.165) is 0 Å². The predicted octanol–water partition coefficient (Wildman–Crippen LogP) is 3.79. The quantitative estimate of drug-likeness (QED) is 0.471. The number of anilines is 1. The van der Waals surface area contributed by atoms with Gasteiger partial charge in [0.15, 0.2) is 22.5 Å². The maximum atomic E-state index is 12.8. The highest BCUT2D eigenvalue weighted by atomic mass is 32.2. The van der Waals surface area contributed by atoms with E-state index in [1.54, 1.807) is 37.3 Å². The van der Waals surface area contributed by atoms with E-state index in [0.29, 0.717) is 33.7 Å². The zero-order chi connectivity index (χ0) is 24.2. The number of hydrogen-bond acceptors (Lipinski definition) is 7. The van der Waals surface area contributed by atoms with Gasteiger partial charge in [0.1, 0.15) is 0 Å². The van der Waals surface area contributed by atoms with Crippen molar-refractivity contribution in [2.75, 3.05) is 12.1 Å². The number of fused-ring (bicyclic) bond motifs is 1. The molecule has 0 spiro atoms. The van der Waals surface area contributed by atoms with Crippen molar-refractivity contribution in [1.82, 2.24) is 20.1 Å². The predicted molar refractivity (Wildman–Crippen MR) is 129 cm³/mol. The van der Waals surface area contributed by atoms with Gasteiger partial charge in [-0.15, -0.1) is 10.2 Å². The number of aromatic nitrogens is 3. The first kappa shape index (κ1) is 23.6. The summed E-state index contributed by atoms with van der Waals surface area (Å²) in [7, 11) is 1.84. The molecule has 9 nitrogen and oxygen atoms in total. The summed E-state index contributed by atoms with van der Waals surface area (Å²) < 4.78 is 12.5. The molecule has 2 N–H and O–H groups in total. The van der Waals surface area contributed by atoms with Gasteiger partial charge in [0, 0.05) is 24.4 Å². The molecule has 0 saturated heterocycles. The standard InChI is InChI=1S/C24H27N5O4S/c1-14(2)20(26-23(31)16-8-6-5-7-9-16)21-27-28-24(29(21)4)34-15(3)22(30)25-17-10-11-18-19(12-17)33-13-32-18/h5-12,14-15,20H,13H2,1-4H3,(H,25,30)(H,26,31)/t15-,20+/m0/s1. The lowest BCUT2D eigenvalue weighted by Crippen LogP contribution is -2.33. The lowest BCUT2D eigenvalue weighted by atomic mass is 10.0. The van der Waals surface area contributed by atoms with Crippen molar-refractivity contribution in [1.29, 1.82) is 0 Å². The van der Waals surface area contributed by atoms with E-state index in [9.17, 15) is 9.59 Å². The van der Waals surface area contributed by atoms with E-state index in [1.807, 2.05) is 43.7 Å². The summed E-state index contributed by atoms with van der Waals surface area (Å²) in [5, 5.41) is 14.7. The molecule has 0 unspecified atom stereocenters. The first-order valence-electron chi connectivity index (χ1n) is 11.0. The third-order valence-corrected chi connectivity index (χ3v) is 6.56. The summed E-state index contributed by atoms with van der Waals surface area (Å²) in [5.41, 5.74) is 1.21. The van der Waals surface area contributed by atoms with Crippen LogP contribution in [0.4, 0.5) is 5.69 Å². The van der Waals surface area contributed by atoms with E-state index in [1.165, 1.54) is 11.8 Å². The minimum absolute atomic E-state index is 0.0835. The maximum absolute atomic E-state index is 12.8. The molecule has 0 bridgehead atoms. The van der Waals surface area contributed by atoms with E-state index in [4.69, 9.17) is 9.47 Å². The normalized spacial score (nSPS) is 14.0. The van der Waals surface area contributed by atoms with Crippen LogP contribution < -0.4 is 20.1 Å². The van der Waals surface area contributed by atoms with Crippen LogP contribution in [0.15, 0.2) is 53.7 Å². The van der Waals surface area contributed by atoms with E-state index in [2.05, 4.69) is 20.8 Å². The van der Waals surface area contributed by atoms with Gasteiger partial charge >= 0.3 is 0 Å². The topological polar surface area (TPSA) is 107 Å². The number of rotatable bonds is 8. The monoisotopic (exact) mass is 481 g/mol. The Morgan fingerprint density at radius 1 is 1.03 bits per heavy atom. The summed E-state index contributed by atoms with van der Waals surface area (Å²) in [6.45, 7) is 6.01. The Kier molecular flexibility index (Phi) is 7.06. The van der Waals surface area contributed by atoms with Gasteiger partial charge in [-0.25, -0.2) is 0 Å². The second-order valence-electron chi connectivity index (χ2n) is 8.28. The van der Waals surface area contributed by atoms with Crippen LogP contribution in [0, 0.1) is 5.92 Å². The van der Waals surface area contributed by atoms with Gasteiger partial charge in [0.05, 0.1) is 11.3 Å². The second kappa shape index (κ2) is 10.2. The molecule has 34 heavy (non-hydrogen) atoms. The van der Waals surface area contributed by atoms with E-state index >= 15 is 0 Å². The number of amides is 2. The smallest absolute Gasteiger partial charge is 0.251 e. The van der Waals surface area contributed by atoms with Crippen LogP contribution in [0.25, 0.3) is 0 Å². The highest BCUT2D eigenvalue weighted by molar-refractivity contribution is 8.00. The lowest BCUT2D eigenvalue weighted by molar-refractivity contribution is -0.115. The molecule has 0 fully saturated rings. The number of thioether (sulfide) groups is 1. The minimum Gasteiger partial charge on any atom is -0.454 e. The molecule has 4 rings (SSSR count). The fraction of sp³-hybridized carbons (Fsp3) is 0.333. The van der Waals surface area contributed by atoms with Crippen molar-refractivity contribution in [2.45, 2.75) is 37.2 Å². The molecule has 0 radical (unpaired) electrons. The van der Waals surface area contributed by atoms with E-state index < -0.39 is 5.25 Å². The summed E-state index contributed by atoms with van der Waals surface area (Å²) in [6, 6.07) is 14.0. The Labute approximate surface area is 202 Å². The molecule has 0 saturated carbocycles. The van der Waals surface area contributed by atoms with Gasteiger partial charge in [0.25, 0.3) is 5.91 Å². The molecule has 2 amide bonds. The number of benzene rings is 2. The summed E-state index contributed by atoms with van der Waals surface area (Å²) >= 11 is 1.30. The molecule has 3 aromatic rings. The zero-order valence-corrected chi connectivity index (χ0v) is 20.3. The summed E-state index contributed by atoms with van der Waals surface area (Å²) in [5.74, 6) is 1.63. The van der Waals surface area contributed by atoms with Gasteiger partial charge in [-0.05, 0) is 37.1 Å². The van der Waals surface area contributed by atoms with Crippen LogP contribution in [0.1, 0.15) is 43.0 Å². The summed E-state index contributed by atoms with van der Waals surface area (Å²) in [4.78, 5) is 25.5. The van der Waals surface area contributed by atoms with Crippen molar-refractivity contribution in [3.05, 3.63) is 59.9 Å². The first-order valence-corrected chi connectivity index (χ1v) is 11.8. The van der Waals surface area contributed by atoms with Crippen molar-refractivity contribution in [2.24, 2.45) is 13.0 Å². The van der Waals surface area contributed by atoms with Crippen molar-refractivity contribution >= 4 is 29.3 Å². The Balaban J connectivity index is 1.43.